The standard InChI is InChI=1S/C24H31N5O5/c1-3-4-11-27-21(25)20(22(31)26-24(27)33)29(13-15-7-5-6-8-18(15)34-2)23(32)16-12-19(30)28(14-16)17-9-10-17/h5-8,16-17H,3-4,9-14,25H2,1-2H3,(H,26,31,33). The van der Waals surface area contributed by atoms with Gasteiger partial charge >= 0.3 is 5.69 Å². The van der Waals surface area contributed by atoms with E-state index in [4.69, 9.17) is 10.5 Å². The van der Waals surface area contributed by atoms with Crippen LogP contribution in [0.1, 0.15) is 44.6 Å². The molecule has 10 heteroatoms. The molecule has 1 atom stereocenters. The second-order valence-corrected chi connectivity index (χ2v) is 8.91. The van der Waals surface area contributed by atoms with E-state index in [1.165, 1.54) is 16.6 Å². The molecule has 1 aliphatic heterocycles. The van der Waals surface area contributed by atoms with Crippen LogP contribution < -0.4 is 26.6 Å². The molecule has 2 amide bonds. The maximum Gasteiger partial charge on any atom is 0.330 e. The van der Waals surface area contributed by atoms with E-state index in [1.54, 1.807) is 17.0 Å². The van der Waals surface area contributed by atoms with Gasteiger partial charge in [0.2, 0.25) is 11.8 Å². The molecule has 1 unspecified atom stereocenters. The number of unbranched alkanes of at least 4 members (excludes halogenated alkanes) is 1. The summed E-state index contributed by atoms with van der Waals surface area (Å²) in [6.07, 6.45) is 3.50. The third kappa shape index (κ3) is 4.57. The predicted molar refractivity (Wildman–Crippen MR) is 128 cm³/mol. The van der Waals surface area contributed by atoms with E-state index in [-0.39, 0.29) is 42.3 Å². The molecule has 0 radical (unpaired) electrons. The van der Waals surface area contributed by atoms with Crippen LogP contribution in [0.15, 0.2) is 33.9 Å². The van der Waals surface area contributed by atoms with Crippen molar-refractivity contribution in [1.82, 2.24) is 14.5 Å². The molecule has 1 saturated heterocycles. The highest BCUT2D eigenvalue weighted by atomic mass is 16.5. The Morgan fingerprint density at radius 3 is 2.65 bits per heavy atom. The van der Waals surface area contributed by atoms with Crippen LogP contribution in [0.3, 0.4) is 0 Å². The number of benzene rings is 1. The van der Waals surface area contributed by atoms with Crippen LogP contribution in [0.4, 0.5) is 11.5 Å². The summed E-state index contributed by atoms with van der Waals surface area (Å²) >= 11 is 0. The van der Waals surface area contributed by atoms with E-state index in [0.29, 0.717) is 30.8 Å². The number of aromatic amines is 1. The van der Waals surface area contributed by atoms with Gasteiger partial charge in [0.25, 0.3) is 5.56 Å². The Kier molecular flexibility index (Phi) is 6.76. The van der Waals surface area contributed by atoms with Crippen molar-refractivity contribution in [3.8, 4) is 5.75 Å². The van der Waals surface area contributed by atoms with Crippen LogP contribution in [0.5, 0.6) is 5.75 Å². The first-order chi connectivity index (χ1) is 16.3. The number of hydrogen-bond donors (Lipinski definition) is 2. The number of carbonyl (C=O) groups excluding carboxylic acids is 2. The van der Waals surface area contributed by atoms with Crippen molar-refractivity contribution in [1.29, 1.82) is 0 Å². The quantitative estimate of drug-likeness (QED) is 0.572. The number of rotatable bonds is 9. The summed E-state index contributed by atoms with van der Waals surface area (Å²) < 4.78 is 6.74. The number of nitrogens with one attached hydrogen (secondary N) is 1. The average Bonchev–Trinajstić information content (AvgIpc) is 3.59. The Balaban J connectivity index is 1.77. The molecule has 0 bridgehead atoms. The SMILES string of the molecule is CCCCn1c(N)c(N(Cc2ccccc2OC)C(=O)C2CC(=O)N(C3CC3)C2)c(=O)[nH]c1=O. The molecule has 1 saturated carbocycles. The van der Waals surface area contributed by atoms with Gasteiger partial charge in [0.1, 0.15) is 11.6 Å². The number of nitrogens with zero attached hydrogens (tertiary/aromatic N) is 3. The predicted octanol–water partition coefficient (Wildman–Crippen LogP) is 1.47. The monoisotopic (exact) mass is 469 g/mol. The molecule has 2 aromatic rings. The molecule has 1 aromatic heterocycles. The zero-order chi connectivity index (χ0) is 24.4. The molecule has 2 fully saturated rings. The maximum atomic E-state index is 13.8. The topological polar surface area (TPSA) is 131 Å². The van der Waals surface area contributed by atoms with Crippen LogP contribution >= 0.6 is 0 Å². The highest BCUT2D eigenvalue weighted by Gasteiger charge is 2.43. The fourth-order valence-corrected chi connectivity index (χ4v) is 4.50. The van der Waals surface area contributed by atoms with E-state index in [2.05, 4.69) is 4.98 Å². The van der Waals surface area contributed by atoms with Gasteiger partial charge in [-0.15, -0.1) is 0 Å². The van der Waals surface area contributed by atoms with Gasteiger partial charge in [-0.2, -0.15) is 0 Å². The molecule has 182 valence electrons. The second kappa shape index (κ2) is 9.74. The van der Waals surface area contributed by atoms with Crippen molar-refractivity contribution in [2.45, 2.75) is 58.2 Å². The number of anilines is 2. The van der Waals surface area contributed by atoms with Crippen molar-refractivity contribution in [2.24, 2.45) is 5.92 Å². The van der Waals surface area contributed by atoms with Crippen LogP contribution in [0.2, 0.25) is 0 Å². The molecule has 1 aliphatic carbocycles. The highest BCUT2D eigenvalue weighted by Crippen LogP contribution is 2.34. The minimum atomic E-state index is -0.734. The number of methoxy groups -OCH3 is 1. The number of likely N-dealkylation sites (tertiary alicyclic amines) is 1. The Morgan fingerprint density at radius 1 is 1.24 bits per heavy atom. The fraction of sp³-hybridized carbons (Fsp3) is 0.500. The number of nitrogen functional groups attached to an aromatic ring is 1. The third-order valence-corrected chi connectivity index (χ3v) is 6.50. The summed E-state index contributed by atoms with van der Waals surface area (Å²) in [5, 5.41) is 0. The van der Waals surface area contributed by atoms with Crippen molar-refractivity contribution in [3.63, 3.8) is 0 Å². The Labute approximate surface area is 197 Å². The lowest BCUT2D eigenvalue weighted by Crippen LogP contribution is -2.43. The van der Waals surface area contributed by atoms with E-state index >= 15 is 0 Å². The van der Waals surface area contributed by atoms with Gasteiger partial charge in [-0.05, 0) is 25.3 Å². The molecule has 4 rings (SSSR count). The van der Waals surface area contributed by atoms with Crippen molar-refractivity contribution < 1.29 is 14.3 Å². The molecule has 1 aromatic carbocycles. The average molecular weight is 470 g/mol. The largest absolute Gasteiger partial charge is 0.496 e. The van der Waals surface area contributed by atoms with Gasteiger partial charge in [0.05, 0.1) is 19.6 Å². The minimum Gasteiger partial charge on any atom is -0.496 e. The van der Waals surface area contributed by atoms with Crippen LogP contribution in [0, 0.1) is 5.92 Å². The summed E-state index contributed by atoms with van der Waals surface area (Å²) in [5.41, 5.74) is 5.59. The molecular formula is C24H31N5O5. The fourth-order valence-electron chi connectivity index (χ4n) is 4.50. The Hall–Kier alpha value is -3.56. The minimum absolute atomic E-state index is 0.0101. The zero-order valence-electron chi connectivity index (χ0n) is 19.6. The molecule has 2 aliphatic rings. The lowest BCUT2D eigenvalue weighted by atomic mass is 10.1. The lowest BCUT2D eigenvalue weighted by molar-refractivity contribution is -0.128. The summed E-state index contributed by atoms with van der Waals surface area (Å²) in [5.74, 6) is -0.531. The number of hydrogen-bond acceptors (Lipinski definition) is 6. The first-order valence-electron chi connectivity index (χ1n) is 11.7. The molecule has 2 heterocycles. The number of para-hydroxylation sites is 1. The highest BCUT2D eigenvalue weighted by molar-refractivity contribution is 6.00. The van der Waals surface area contributed by atoms with E-state index in [0.717, 1.165) is 19.3 Å². The third-order valence-electron chi connectivity index (χ3n) is 6.50. The summed E-state index contributed by atoms with van der Waals surface area (Å²) in [6.45, 7) is 2.63. The zero-order valence-corrected chi connectivity index (χ0v) is 19.6. The molecule has 3 N–H and O–H groups in total. The molecular weight excluding hydrogens is 438 g/mol. The van der Waals surface area contributed by atoms with Gasteiger partial charge < -0.3 is 15.4 Å². The van der Waals surface area contributed by atoms with Gasteiger partial charge in [0.15, 0.2) is 5.69 Å². The number of ether oxygens (including phenoxy) is 1. The van der Waals surface area contributed by atoms with Crippen LogP contribution in [-0.4, -0.2) is 46.0 Å². The number of H-pyrrole nitrogens is 1. The number of aromatic nitrogens is 2. The maximum absolute atomic E-state index is 13.8. The van der Waals surface area contributed by atoms with Gasteiger partial charge in [0, 0.05) is 31.1 Å². The van der Waals surface area contributed by atoms with E-state index < -0.39 is 17.2 Å². The van der Waals surface area contributed by atoms with Crippen molar-refractivity contribution in [2.75, 3.05) is 24.3 Å². The Bertz CT molecular complexity index is 1200. The van der Waals surface area contributed by atoms with Crippen LogP contribution in [0.25, 0.3) is 0 Å². The second-order valence-electron chi connectivity index (χ2n) is 8.91. The van der Waals surface area contributed by atoms with Crippen molar-refractivity contribution in [3.05, 3.63) is 50.7 Å². The summed E-state index contributed by atoms with van der Waals surface area (Å²) in [7, 11) is 1.53. The van der Waals surface area contributed by atoms with Crippen molar-refractivity contribution >= 4 is 23.3 Å². The lowest BCUT2D eigenvalue weighted by Gasteiger charge is -2.27. The van der Waals surface area contributed by atoms with Crippen LogP contribution in [-0.2, 0) is 22.7 Å². The van der Waals surface area contributed by atoms with E-state index in [9.17, 15) is 19.2 Å². The van der Waals surface area contributed by atoms with Gasteiger partial charge in [-0.3, -0.25) is 28.8 Å². The number of amides is 2. The Morgan fingerprint density at radius 2 is 1.97 bits per heavy atom. The van der Waals surface area contributed by atoms with Gasteiger partial charge in [-0.25, -0.2) is 4.79 Å². The first kappa shape index (κ1) is 23.6. The number of carbonyl (C=O) groups is 2. The summed E-state index contributed by atoms with van der Waals surface area (Å²) in [6, 6.07) is 7.39. The summed E-state index contributed by atoms with van der Waals surface area (Å²) in [4.78, 5) is 57.2. The normalized spacial score (nSPS) is 17.8. The molecule has 0 spiro atoms. The van der Waals surface area contributed by atoms with Gasteiger partial charge in [-0.1, -0.05) is 31.5 Å². The smallest absolute Gasteiger partial charge is 0.330 e. The molecule has 34 heavy (non-hydrogen) atoms. The first-order valence-corrected chi connectivity index (χ1v) is 11.7. The van der Waals surface area contributed by atoms with E-state index in [1.807, 2.05) is 19.1 Å². The number of nitrogens with two attached hydrogens (primary N) is 1. The molecule has 10 nitrogen and oxygen atoms in total.